The van der Waals surface area contributed by atoms with Gasteiger partial charge in [-0.2, -0.15) is 0 Å². The normalized spacial score (nSPS) is 14.1. The summed E-state index contributed by atoms with van der Waals surface area (Å²) in [7, 11) is 0. The Hall–Kier alpha value is -1.65. The molecule has 102 valence electrons. The number of hydrogen-bond acceptors (Lipinski definition) is 3. The van der Waals surface area contributed by atoms with Gasteiger partial charge in [0.2, 0.25) is 11.2 Å². The highest BCUT2D eigenvalue weighted by Crippen LogP contribution is 2.27. The Balaban J connectivity index is 1.72. The lowest BCUT2D eigenvalue weighted by Crippen LogP contribution is -2.23. The molecule has 0 bridgehead atoms. The van der Waals surface area contributed by atoms with Gasteiger partial charge in [-0.1, -0.05) is 35.9 Å². The lowest BCUT2D eigenvalue weighted by Gasteiger charge is -2.09. The summed E-state index contributed by atoms with van der Waals surface area (Å²) in [5.41, 5.74) is 2.46. The number of hydrogen-bond donors (Lipinski definition) is 1. The van der Waals surface area contributed by atoms with Crippen LogP contribution in [-0.2, 0) is 17.6 Å². The summed E-state index contributed by atoms with van der Waals surface area (Å²) in [6.07, 6.45) is 1.49. The van der Waals surface area contributed by atoms with E-state index in [0.29, 0.717) is 5.82 Å². The van der Waals surface area contributed by atoms with Crippen LogP contribution in [0.2, 0.25) is 10.4 Å². The van der Waals surface area contributed by atoms with E-state index in [0.717, 1.165) is 12.8 Å². The molecule has 0 spiro atoms. The number of halogens is 2. The second-order valence-electron chi connectivity index (χ2n) is 4.71. The van der Waals surface area contributed by atoms with Crippen LogP contribution in [0.25, 0.3) is 0 Å². The second-order valence-corrected chi connectivity index (χ2v) is 5.43. The lowest BCUT2D eigenvalue weighted by atomic mass is 10.1. The van der Waals surface area contributed by atoms with Crippen molar-refractivity contribution in [2.24, 2.45) is 5.92 Å². The van der Waals surface area contributed by atoms with Crippen molar-refractivity contribution in [3.63, 3.8) is 0 Å². The quantitative estimate of drug-likeness (QED) is 0.685. The number of aromatic nitrogens is 2. The zero-order chi connectivity index (χ0) is 14.1. The van der Waals surface area contributed by atoms with Crippen LogP contribution in [0.15, 0.2) is 30.3 Å². The fourth-order valence-corrected chi connectivity index (χ4v) is 2.84. The van der Waals surface area contributed by atoms with Crippen molar-refractivity contribution in [2.45, 2.75) is 12.8 Å². The van der Waals surface area contributed by atoms with E-state index in [-0.39, 0.29) is 22.3 Å². The van der Waals surface area contributed by atoms with Crippen LogP contribution in [0.5, 0.6) is 0 Å². The van der Waals surface area contributed by atoms with Crippen molar-refractivity contribution in [1.29, 1.82) is 0 Å². The number of fused-ring (bicyclic) bond motifs is 1. The number of carbonyl (C=O) groups is 1. The van der Waals surface area contributed by atoms with Gasteiger partial charge in [-0.15, -0.1) is 0 Å². The molecule has 2 aromatic rings. The Kier molecular flexibility index (Phi) is 3.59. The summed E-state index contributed by atoms with van der Waals surface area (Å²) in [6, 6.07) is 9.57. The molecule has 0 aliphatic heterocycles. The molecule has 6 heteroatoms. The molecule has 1 aromatic heterocycles. The number of rotatable bonds is 2. The van der Waals surface area contributed by atoms with Gasteiger partial charge in [-0.25, -0.2) is 9.97 Å². The van der Waals surface area contributed by atoms with Gasteiger partial charge in [0.05, 0.1) is 0 Å². The van der Waals surface area contributed by atoms with Crippen molar-refractivity contribution in [3.05, 3.63) is 51.9 Å². The SMILES string of the molecule is O=C(Nc1cc(Cl)nc(Cl)n1)C1Cc2ccccc2C1. The lowest BCUT2D eigenvalue weighted by molar-refractivity contribution is -0.119. The van der Waals surface area contributed by atoms with E-state index >= 15 is 0 Å². The highest BCUT2D eigenvalue weighted by Gasteiger charge is 2.27. The summed E-state index contributed by atoms with van der Waals surface area (Å²) in [5, 5.41) is 2.96. The molecule has 0 fully saturated rings. The van der Waals surface area contributed by atoms with E-state index < -0.39 is 0 Å². The van der Waals surface area contributed by atoms with Crippen molar-refractivity contribution < 1.29 is 4.79 Å². The van der Waals surface area contributed by atoms with E-state index in [1.807, 2.05) is 12.1 Å². The van der Waals surface area contributed by atoms with Gasteiger partial charge in [0.1, 0.15) is 11.0 Å². The van der Waals surface area contributed by atoms with E-state index in [1.165, 1.54) is 17.2 Å². The Morgan fingerprint density at radius 1 is 1.15 bits per heavy atom. The third-order valence-corrected chi connectivity index (χ3v) is 3.70. The minimum absolute atomic E-state index is 0.0162. The number of carbonyl (C=O) groups excluding carboxylic acids is 1. The number of nitrogens with zero attached hydrogens (tertiary/aromatic N) is 2. The zero-order valence-corrected chi connectivity index (χ0v) is 11.9. The molecule has 1 amide bonds. The smallest absolute Gasteiger partial charge is 0.229 e. The molecule has 1 heterocycles. The van der Waals surface area contributed by atoms with Crippen molar-refractivity contribution >= 4 is 34.9 Å². The summed E-state index contributed by atoms with van der Waals surface area (Å²) < 4.78 is 0. The van der Waals surface area contributed by atoms with Crippen LogP contribution < -0.4 is 5.32 Å². The molecule has 0 unspecified atom stereocenters. The average Bonchev–Trinajstić information content (AvgIpc) is 2.81. The zero-order valence-electron chi connectivity index (χ0n) is 10.4. The molecule has 20 heavy (non-hydrogen) atoms. The number of amides is 1. The van der Waals surface area contributed by atoms with Crippen LogP contribution in [0.1, 0.15) is 11.1 Å². The maximum Gasteiger partial charge on any atom is 0.229 e. The average molecular weight is 308 g/mol. The number of benzene rings is 1. The molecule has 0 saturated heterocycles. The fraction of sp³-hybridized carbons (Fsp3) is 0.214. The minimum Gasteiger partial charge on any atom is -0.310 e. The first kappa shape index (κ1) is 13.3. The van der Waals surface area contributed by atoms with Gasteiger partial charge in [0, 0.05) is 12.0 Å². The van der Waals surface area contributed by atoms with Crippen LogP contribution in [-0.4, -0.2) is 15.9 Å². The van der Waals surface area contributed by atoms with Gasteiger partial charge in [0.25, 0.3) is 0 Å². The third-order valence-electron chi connectivity index (χ3n) is 3.34. The Morgan fingerprint density at radius 2 is 1.80 bits per heavy atom. The van der Waals surface area contributed by atoms with E-state index in [1.54, 1.807) is 0 Å². The summed E-state index contributed by atoms with van der Waals surface area (Å²) >= 11 is 11.5. The molecule has 1 aliphatic rings. The van der Waals surface area contributed by atoms with Crippen LogP contribution in [0.3, 0.4) is 0 Å². The summed E-state index contributed by atoms with van der Waals surface area (Å²) in [4.78, 5) is 19.9. The van der Waals surface area contributed by atoms with E-state index in [9.17, 15) is 4.79 Å². The molecule has 0 saturated carbocycles. The predicted octanol–water partition coefficient (Wildman–Crippen LogP) is 3.14. The van der Waals surface area contributed by atoms with Gasteiger partial charge in [0.15, 0.2) is 0 Å². The Labute approximate surface area is 126 Å². The minimum atomic E-state index is -0.0834. The first-order chi connectivity index (χ1) is 9.61. The van der Waals surface area contributed by atoms with Gasteiger partial charge >= 0.3 is 0 Å². The van der Waals surface area contributed by atoms with Gasteiger partial charge < -0.3 is 5.32 Å². The molecule has 1 N–H and O–H groups in total. The molecule has 1 aliphatic carbocycles. The second kappa shape index (κ2) is 5.38. The largest absolute Gasteiger partial charge is 0.310 e. The first-order valence-electron chi connectivity index (χ1n) is 6.19. The number of nitrogens with one attached hydrogen (secondary N) is 1. The monoisotopic (exact) mass is 307 g/mol. The maximum atomic E-state index is 12.2. The van der Waals surface area contributed by atoms with Crippen LogP contribution >= 0.6 is 23.2 Å². The third kappa shape index (κ3) is 2.76. The molecule has 0 radical (unpaired) electrons. The predicted molar refractivity (Wildman–Crippen MR) is 78.0 cm³/mol. The summed E-state index contributed by atoms with van der Waals surface area (Å²) in [5.74, 6) is 0.169. The van der Waals surface area contributed by atoms with E-state index in [4.69, 9.17) is 23.2 Å². The molecule has 4 nitrogen and oxygen atoms in total. The highest BCUT2D eigenvalue weighted by molar-refractivity contribution is 6.32. The summed E-state index contributed by atoms with van der Waals surface area (Å²) in [6.45, 7) is 0. The van der Waals surface area contributed by atoms with Crippen molar-refractivity contribution in [3.8, 4) is 0 Å². The topological polar surface area (TPSA) is 54.9 Å². The Morgan fingerprint density at radius 3 is 2.40 bits per heavy atom. The van der Waals surface area contributed by atoms with Crippen molar-refractivity contribution in [2.75, 3.05) is 5.32 Å². The Bertz CT molecular complexity index is 630. The molecule has 3 rings (SSSR count). The highest BCUT2D eigenvalue weighted by atomic mass is 35.5. The molecule has 1 aromatic carbocycles. The molecular formula is C14H11Cl2N3O. The van der Waals surface area contributed by atoms with Gasteiger partial charge in [-0.3, -0.25) is 4.79 Å². The van der Waals surface area contributed by atoms with Crippen molar-refractivity contribution in [1.82, 2.24) is 9.97 Å². The maximum absolute atomic E-state index is 12.2. The number of anilines is 1. The first-order valence-corrected chi connectivity index (χ1v) is 6.95. The van der Waals surface area contributed by atoms with Gasteiger partial charge in [-0.05, 0) is 35.6 Å². The standard InChI is InChI=1S/C14H11Cl2N3O/c15-11-7-12(19-14(16)17-11)18-13(20)10-5-8-3-1-2-4-9(8)6-10/h1-4,7,10H,5-6H2,(H,17,18,19,20). The molecule has 0 atom stereocenters. The van der Waals surface area contributed by atoms with Crippen LogP contribution in [0.4, 0.5) is 5.82 Å². The van der Waals surface area contributed by atoms with Crippen LogP contribution in [0, 0.1) is 5.92 Å². The fourth-order valence-electron chi connectivity index (χ4n) is 2.43. The van der Waals surface area contributed by atoms with E-state index in [2.05, 4.69) is 27.4 Å². The molecular weight excluding hydrogens is 297 g/mol.